The number of hydrogen-bond donors (Lipinski definition) is 0. The number of benzene rings is 1. The lowest BCUT2D eigenvalue weighted by Crippen LogP contribution is -2.54. The van der Waals surface area contributed by atoms with Gasteiger partial charge >= 0.3 is 0 Å². The van der Waals surface area contributed by atoms with Crippen LogP contribution in [0.15, 0.2) is 40.9 Å². The summed E-state index contributed by atoms with van der Waals surface area (Å²) in [6.07, 6.45) is -1.21. The van der Waals surface area contributed by atoms with E-state index >= 15 is 4.39 Å². The predicted octanol–water partition coefficient (Wildman–Crippen LogP) is 6.27. The minimum atomic E-state index is -3.46. The van der Waals surface area contributed by atoms with Crippen molar-refractivity contribution in [3.05, 3.63) is 52.9 Å². The second-order valence-corrected chi connectivity index (χ2v) is 14.9. The topological polar surface area (TPSA) is 115 Å². The van der Waals surface area contributed by atoms with E-state index in [9.17, 15) is 22.0 Å². The van der Waals surface area contributed by atoms with Gasteiger partial charge in [0.1, 0.15) is 22.9 Å². The highest BCUT2D eigenvalue weighted by Crippen LogP contribution is 2.55. The van der Waals surface area contributed by atoms with E-state index in [0.717, 1.165) is 0 Å². The standard InChI is InChI=1S/C30H28ClF3N4O5S/c1-16(39)21-12-18(14-38(21)27-24-23(36-26(37-27)25(32)33)19-5-2-3-6-22(19)43-24)42-28-20(11-17(31)13-35-28)30(34)9-10-44(40,41)29(15-30)7-4-8-29/h2-3,5-6,11,13,18,21,25H,4,7-10,12,14-15H2,1H3/t18-,21-,30-/m0/s1. The molecular weight excluding hydrogens is 621 g/mol. The van der Waals surface area contributed by atoms with Crippen LogP contribution >= 0.6 is 11.6 Å². The quantitative estimate of drug-likeness (QED) is 0.238. The van der Waals surface area contributed by atoms with Gasteiger partial charge in [0.2, 0.25) is 5.88 Å². The molecule has 4 aromatic rings. The van der Waals surface area contributed by atoms with Crippen molar-refractivity contribution in [2.75, 3.05) is 17.2 Å². The average Bonchev–Trinajstić information content (AvgIpc) is 3.56. The maximum Gasteiger partial charge on any atom is 0.297 e. The van der Waals surface area contributed by atoms with Gasteiger partial charge in [0.15, 0.2) is 32.8 Å². The molecule has 14 heteroatoms. The highest BCUT2D eigenvalue weighted by atomic mass is 35.5. The zero-order valence-corrected chi connectivity index (χ0v) is 25.2. The predicted molar refractivity (Wildman–Crippen MR) is 157 cm³/mol. The SMILES string of the molecule is CC(=O)[C@@H]1C[C@H](Oc2ncc(Cl)cc2[C@]2(F)CCS(=O)(=O)C3(CCC3)C2)CN1c1nc(C(F)F)nc2c1oc1ccccc12. The Hall–Kier alpha value is -3.45. The number of hydrogen-bond acceptors (Lipinski definition) is 9. The van der Waals surface area contributed by atoms with E-state index in [4.69, 9.17) is 20.8 Å². The third-order valence-electron chi connectivity index (χ3n) is 9.29. The van der Waals surface area contributed by atoms with Gasteiger partial charge in [-0.15, -0.1) is 0 Å². The van der Waals surface area contributed by atoms with Gasteiger partial charge in [0, 0.05) is 24.4 Å². The van der Waals surface area contributed by atoms with Crippen LogP contribution in [0.4, 0.5) is 19.0 Å². The lowest BCUT2D eigenvalue weighted by atomic mass is 9.73. The summed E-state index contributed by atoms with van der Waals surface area (Å²) in [7, 11) is -3.46. The number of rotatable bonds is 6. The number of halogens is 4. The number of furan rings is 1. The number of nitrogens with zero attached hydrogens (tertiary/aromatic N) is 4. The summed E-state index contributed by atoms with van der Waals surface area (Å²) in [6, 6.07) is 7.47. The molecule has 2 saturated heterocycles. The van der Waals surface area contributed by atoms with Crippen molar-refractivity contribution in [3.63, 3.8) is 0 Å². The highest BCUT2D eigenvalue weighted by molar-refractivity contribution is 7.92. The van der Waals surface area contributed by atoms with Crippen LogP contribution < -0.4 is 9.64 Å². The number of carbonyl (C=O) groups excluding carboxylic acids is 1. The lowest BCUT2D eigenvalue weighted by molar-refractivity contribution is -0.118. The number of sulfone groups is 1. The Labute approximate surface area is 255 Å². The molecule has 7 rings (SSSR count). The van der Waals surface area contributed by atoms with E-state index in [1.807, 2.05) is 0 Å². The molecule has 2 aliphatic heterocycles. The second-order valence-electron chi connectivity index (χ2n) is 12.0. The molecular formula is C30H28ClF3N4O5S. The molecule has 5 heterocycles. The van der Waals surface area contributed by atoms with Crippen LogP contribution in [0.2, 0.25) is 5.02 Å². The number of pyridine rings is 1. The average molecular weight is 649 g/mol. The normalized spacial score (nSPS) is 26.0. The first-order valence-electron chi connectivity index (χ1n) is 14.4. The largest absolute Gasteiger partial charge is 0.472 e. The van der Waals surface area contributed by atoms with Crippen molar-refractivity contribution >= 4 is 55.1 Å². The van der Waals surface area contributed by atoms with Crippen LogP contribution in [0.1, 0.15) is 63.3 Å². The molecule has 232 valence electrons. The number of anilines is 1. The van der Waals surface area contributed by atoms with Gasteiger partial charge in [-0.25, -0.2) is 36.5 Å². The van der Waals surface area contributed by atoms with Gasteiger partial charge in [0.25, 0.3) is 6.43 Å². The Morgan fingerprint density at radius 1 is 1.20 bits per heavy atom. The molecule has 0 N–H and O–H groups in total. The van der Waals surface area contributed by atoms with Gasteiger partial charge < -0.3 is 14.1 Å². The molecule has 1 aliphatic carbocycles. The fraction of sp³-hybridized carbons (Fsp3) is 0.467. The molecule has 0 bridgehead atoms. The van der Waals surface area contributed by atoms with E-state index in [1.165, 1.54) is 19.2 Å². The first-order valence-corrected chi connectivity index (χ1v) is 16.4. The van der Waals surface area contributed by atoms with E-state index < -0.39 is 44.6 Å². The summed E-state index contributed by atoms with van der Waals surface area (Å²) in [5, 5.41) is 0.698. The van der Waals surface area contributed by atoms with Crippen molar-refractivity contribution < 1.29 is 35.5 Å². The maximum absolute atomic E-state index is 16.8. The number of Topliss-reactive ketones (excluding diaryl/α,β-unsaturated/α-hetero) is 1. The van der Waals surface area contributed by atoms with Crippen molar-refractivity contribution in [1.82, 2.24) is 15.0 Å². The molecule has 9 nitrogen and oxygen atoms in total. The molecule has 1 aromatic carbocycles. The van der Waals surface area contributed by atoms with Crippen molar-refractivity contribution in [2.45, 2.75) is 74.4 Å². The van der Waals surface area contributed by atoms with E-state index in [0.29, 0.717) is 30.2 Å². The fourth-order valence-electron chi connectivity index (χ4n) is 6.90. The molecule has 3 aliphatic rings. The Balaban J connectivity index is 1.25. The maximum atomic E-state index is 16.8. The summed E-state index contributed by atoms with van der Waals surface area (Å²) in [5.41, 5.74) is -1.20. The smallest absolute Gasteiger partial charge is 0.297 e. The zero-order valence-electron chi connectivity index (χ0n) is 23.6. The third kappa shape index (κ3) is 4.61. The summed E-state index contributed by atoms with van der Waals surface area (Å²) >= 11 is 6.25. The van der Waals surface area contributed by atoms with E-state index in [2.05, 4.69) is 15.0 Å². The number of aromatic nitrogens is 3. The van der Waals surface area contributed by atoms with Gasteiger partial charge in [-0.2, -0.15) is 0 Å². The van der Waals surface area contributed by atoms with E-state index in [1.54, 1.807) is 29.2 Å². The van der Waals surface area contributed by atoms with Crippen molar-refractivity contribution in [1.29, 1.82) is 0 Å². The van der Waals surface area contributed by atoms with Crippen molar-refractivity contribution in [3.8, 4) is 5.88 Å². The van der Waals surface area contributed by atoms with E-state index in [-0.39, 0.29) is 70.7 Å². The Bertz CT molecular complexity index is 1920. The Morgan fingerprint density at radius 3 is 2.68 bits per heavy atom. The zero-order chi connectivity index (χ0) is 31.0. The molecule has 44 heavy (non-hydrogen) atoms. The molecule has 1 spiro atoms. The molecule has 0 amide bonds. The number of para-hydroxylation sites is 1. The minimum Gasteiger partial charge on any atom is -0.472 e. The molecule has 1 saturated carbocycles. The van der Waals surface area contributed by atoms with Crippen molar-refractivity contribution in [2.24, 2.45) is 0 Å². The van der Waals surface area contributed by atoms with Crippen LogP contribution in [0, 0.1) is 0 Å². The van der Waals surface area contributed by atoms with Crippen LogP contribution in [-0.2, 0) is 20.3 Å². The Kier molecular flexibility index (Phi) is 6.85. The monoisotopic (exact) mass is 648 g/mol. The summed E-state index contributed by atoms with van der Waals surface area (Å²) in [6.45, 7) is 1.41. The van der Waals surface area contributed by atoms with Crippen LogP contribution in [0.25, 0.3) is 22.1 Å². The third-order valence-corrected chi connectivity index (χ3v) is 12.1. The molecule has 3 atom stereocenters. The second kappa shape index (κ2) is 10.3. The first-order chi connectivity index (χ1) is 20.9. The van der Waals surface area contributed by atoms with Gasteiger partial charge in [-0.1, -0.05) is 30.2 Å². The molecule has 3 aromatic heterocycles. The fourth-order valence-corrected chi connectivity index (χ4v) is 9.44. The first kappa shape index (κ1) is 29.3. The summed E-state index contributed by atoms with van der Waals surface area (Å²) < 4.78 is 81.6. The number of ketones is 1. The highest BCUT2D eigenvalue weighted by Gasteiger charge is 2.58. The lowest BCUT2D eigenvalue weighted by Gasteiger charge is -2.48. The Morgan fingerprint density at radius 2 is 1.98 bits per heavy atom. The minimum absolute atomic E-state index is 0.0252. The number of ether oxygens (including phenoxy) is 1. The van der Waals surface area contributed by atoms with Gasteiger partial charge in [-0.05, 0) is 44.4 Å². The van der Waals surface area contributed by atoms with Crippen LogP contribution in [0.3, 0.4) is 0 Å². The molecule has 3 fully saturated rings. The number of fused-ring (bicyclic) bond motifs is 3. The number of carbonyl (C=O) groups is 1. The molecule has 0 unspecified atom stereocenters. The van der Waals surface area contributed by atoms with Crippen LogP contribution in [0.5, 0.6) is 5.88 Å². The summed E-state index contributed by atoms with van der Waals surface area (Å²) in [4.78, 5) is 26.9. The molecule has 0 radical (unpaired) electrons. The van der Waals surface area contributed by atoms with Crippen LogP contribution in [-0.4, -0.2) is 58.3 Å². The van der Waals surface area contributed by atoms with Gasteiger partial charge in [0.05, 0.1) is 33.7 Å². The van der Waals surface area contributed by atoms with Gasteiger partial charge in [-0.3, -0.25) is 4.79 Å². The number of alkyl halides is 3. The summed E-state index contributed by atoms with van der Waals surface area (Å²) in [5.74, 6) is -1.28.